The molecule has 4 atom stereocenters. The number of fused-ring (bicyclic) bond motifs is 4. The summed E-state index contributed by atoms with van der Waals surface area (Å²) in [5, 5.41) is 0. The first-order chi connectivity index (χ1) is 7.58. The van der Waals surface area contributed by atoms with Crippen molar-refractivity contribution in [1.29, 1.82) is 0 Å². The Kier molecular flexibility index (Phi) is 1.30. The van der Waals surface area contributed by atoms with Gasteiger partial charge in [0.25, 0.3) is 0 Å². The molecule has 0 unspecified atom stereocenters. The van der Waals surface area contributed by atoms with Crippen LogP contribution < -0.4 is 0 Å². The maximum atomic E-state index is 2.54. The zero-order valence-corrected chi connectivity index (χ0v) is 10.5. The maximum absolute atomic E-state index is 2.54. The monoisotopic (exact) mass is 212 g/mol. The SMILES string of the molecule is CC1(C)[C@]2(C)[C@@H]3CC[C@@H]3[C@@]12c1ccccc1. The summed E-state index contributed by atoms with van der Waals surface area (Å²) in [6.07, 6.45) is 2.96. The molecule has 3 fully saturated rings. The lowest BCUT2D eigenvalue weighted by Crippen LogP contribution is -2.54. The molecular formula is C16H20. The highest BCUT2D eigenvalue weighted by Gasteiger charge is 2.94. The van der Waals surface area contributed by atoms with Crippen molar-refractivity contribution in [3.05, 3.63) is 35.9 Å². The lowest BCUT2D eigenvalue weighted by molar-refractivity contribution is -0.0482. The van der Waals surface area contributed by atoms with E-state index in [9.17, 15) is 0 Å². The molecule has 4 rings (SSSR count). The third-order valence-electron chi connectivity index (χ3n) is 6.84. The summed E-state index contributed by atoms with van der Waals surface area (Å²) in [6.45, 7) is 7.54. The van der Waals surface area contributed by atoms with Gasteiger partial charge in [-0.05, 0) is 41.1 Å². The van der Waals surface area contributed by atoms with Gasteiger partial charge in [0, 0.05) is 5.41 Å². The van der Waals surface area contributed by atoms with Crippen molar-refractivity contribution in [2.45, 2.75) is 39.0 Å². The summed E-state index contributed by atoms with van der Waals surface area (Å²) in [4.78, 5) is 0. The summed E-state index contributed by atoms with van der Waals surface area (Å²) in [5.41, 5.74) is 3.27. The van der Waals surface area contributed by atoms with Crippen LogP contribution in [0.5, 0.6) is 0 Å². The minimum atomic E-state index is 0.521. The van der Waals surface area contributed by atoms with Crippen molar-refractivity contribution in [2.24, 2.45) is 22.7 Å². The van der Waals surface area contributed by atoms with Crippen LogP contribution in [-0.2, 0) is 5.41 Å². The molecule has 0 aliphatic heterocycles. The largest absolute Gasteiger partial charge is 0.0622 e. The molecule has 0 amide bonds. The van der Waals surface area contributed by atoms with Crippen molar-refractivity contribution in [3.8, 4) is 0 Å². The lowest BCUT2D eigenvalue weighted by Gasteiger charge is -2.58. The Hall–Kier alpha value is -0.780. The van der Waals surface area contributed by atoms with Crippen LogP contribution in [0.15, 0.2) is 30.3 Å². The van der Waals surface area contributed by atoms with Crippen LogP contribution in [-0.4, -0.2) is 0 Å². The molecule has 0 spiro atoms. The van der Waals surface area contributed by atoms with Gasteiger partial charge in [-0.25, -0.2) is 0 Å². The molecule has 3 saturated carbocycles. The van der Waals surface area contributed by atoms with Crippen LogP contribution >= 0.6 is 0 Å². The van der Waals surface area contributed by atoms with Crippen LogP contribution in [0.4, 0.5) is 0 Å². The predicted octanol–water partition coefficient (Wildman–Crippen LogP) is 4.01. The minimum Gasteiger partial charge on any atom is -0.0622 e. The molecule has 0 radical (unpaired) electrons. The molecule has 0 heteroatoms. The minimum absolute atomic E-state index is 0.521. The van der Waals surface area contributed by atoms with Crippen LogP contribution in [0, 0.1) is 22.7 Å². The molecule has 84 valence electrons. The van der Waals surface area contributed by atoms with Gasteiger partial charge in [0.1, 0.15) is 0 Å². The predicted molar refractivity (Wildman–Crippen MR) is 66.2 cm³/mol. The molecule has 16 heavy (non-hydrogen) atoms. The summed E-state index contributed by atoms with van der Waals surface area (Å²) in [5.74, 6) is 2.03. The van der Waals surface area contributed by atoms with Crippen molar-refractivity contribution in [1.82, 2.24) is 0 Å². The van der Waals surface area contributed by atoms with Crippen LogP contribution in [0.3, 0.4) is 0 Å². The number of hydrogen-bond acceptors (Lipinski definition) is 0. The normalized spacial score (nSPS) is 50.7. The van der Waals surface area contributed by atoms with Gasteiger partial charge in [-0.1, -0.05) is 51.1 Å². The third kappa shape index (κ3) is 0.563. The second kappa shape index (κ2) is 2.25. The molecular weight excluding hydrogens is 192 g/mol. The summed E-state index contributed by atoms with van der Waals surface area (Å²) < 4.78 is 0. The zero-order valence-electron chi connectivity index (χ0n) is 10.5. The number of rotatable bonds is 1. The number of hydrogen-bond donors (Lipinski definition) is 0. The highest BCUT2D eigenvalue weighted by molar-refractivity contribution is 5.54. The standard InChI is InChI=1S/C16H20/c1-14(2)15(3)12-9-10-13(12)16(14,15)11-7-5-4-6-8-11/h4-8,12-13H,9-10H2,1-3H3/t12-,13+,15+,16+/m1/s1. The van der Waals surface area contributed by atoms with E-state index >= 15 is 0 Å². The van der Waals surface area contributed by atoms with Crippen LogP contribution in [0.2, 0.25) is 0 Å². The van der Waals surface area contributed by atoms with E-state index in [0.29, 0.717) is 16.2 Å². The first-order valence-electron chi connectivity index (χ1n) is 6.64. The van der Waals surface area contributed by atoms with Crippen LogP contribution in [0.25, 0.3) is 0 Å². The van der Waals surface area contributed by atoms with Gasteiger partial charge in [-0.3, -0.25) is 0 Å². The molecule has 0 N–H and O–H groups in total. The Morgan fingerprint density at radius 2 is 1.56 bits per heavy atom. The quantitative estimate of drug-likeness (QED) is 0.660. The summed E-state index contributed by atoms with van der Waals surface area (Å²) in [7, 11) is 0. The van der Waals surface area contributed by atoms with Crippen molar-refractivity contribution in [3.63, 3.8) is 0 Å². The van der Waals surface area contributed by atoms with E-state index in [2.05, 4.69) is 51.1 Å². The van der Waals surface area contributed by atoms with E-state index in [-0.39, 0.29) is 0 Å². The molecule has 0 saturated heterocycles. The van der Waals surface area contributed by atoms with E-state index in [1.54, 1.807) is 5.56 Å². The molecule has 3 aliphatic carbocycles. The lowest BCUT2D eigenvalue weighted by atomic mass is 9.46. The first kappa shape index (κ1) is 9.27. The van der Waals surface area contributed by atoms with Crippen LogP contribution in [0.1, 0.15) is 39.2 Å². The highest BCUT2D eigenvalue weighted by Crippen LogP contribution is 2.96. The third-order valence-corrected chi connectivity index (χ3v) is 6.84. The molecule has 3 aliphatic rings. The van der Waals surface area contributed by atoms with E-state index < -0.39 is 0 Å². The first-order valence-corrected chi connectivity index (χ1v) is 6.64. The van der Waals surface area contributed by atoms with Gasteiger partial charge in [-0.15, -0.1) is 0 Å². The Labute approximate surface area is 98.1 Å². The van der Waals surface area contributed by atoms with Gasteiger partial charge in [0.2, 0.25) is 0 Å². The van der Waals surface area contributed by atoms with Crippen molar-refractivity contribution >= 4 is 0 Å². The molecule has 0 bridgehead atoms. The number of benzene rings is 1. The van der Waals surface area contributed by atoms with Gasteiger partial charge in [-0.2, -0.15) is 0 Å². The Balaban J connectivity index is 1.90. The Bertz CT molecular complexity index is 458. The highest BCUT2D eigenvalue weighted by atomic mass is 15.0. The maximum Gasteiger partial charge on any atom is 0.0103 e. The second-order valence-corrected chi connectivity index (χ2v) is 6.79. The zero-order chi connectivity index (χ0) is 11.2. The van der Waals surface area contributed by atoms with Gasteiger partial charge in [0.15, 0.2) is 0 Å². The van der Waals surface area contributed by atoms with Crippen molar-refractivity contribution < 1.29 is 0 Å². The fourth-order valence-electron chi connectivity index (χ4n) is 5.96. The molecule has 1 aromatic rings. The average molecular weight is 212 g/mol. The summed E-state index contributed by atoms with van der Waals surface area (Å²) in [6, 6.07) is 11.3. The smallest absolute Gasteiger partial charge is 0.0103 e. The van der Waals surface area contributed by atoms with Gasteiger partial charge < -0.3 is 0 Å². The van der Waals surface area contributed by atoms with E-state index in [1.165, 1.54) is 12.8 Å². The molecule has 1 aromatic carbocycles. The average Bonchev–Trinajstić information content (AvgIpc) is 2.56. The summed E-state index contributed by atoms with van der Waals surface area (Å²) >= 11 is 0. The topological polar surface area (TPSA) is 0 Å². The Morgan fingerprint density at radius 1 is 0.938 bits per heavy atom. The second-order valence-electron chi connectivity index (χ2n) is 6.79. The Morgan fingerprint density at radius 3 is 2.06 bits per heavy atom. The fourth-order valence-corrected chi connectivity index (χ4v) is 5.96. The fraction of sp³-hybridized carbons (Fsp3) is 0.625. The van der Waals surface area contributed by atoms with E-state index in [0.717, 1.165) is 11.8 Å². The van der Waals surface area contributed by atoms with Gasteiger partial charge in [0.05, 0.1) is 0 Å². The molecule has 0 nitrogen and oxygen atoms in total. The van der Waals surface area contributed by atoms with Crippen molar-refractivity contribution in [2.75, 3.05) is 0 Å². The van der Waals surface area contributed by atoms with E-state index in [4.69, 9.17) is 0 Å². The van der Waals surface area contributed by atoms with Gasteiger partial charge >= 0.3 is 0 Å². The van der Waals surface area contributed by atoms with E-state index in [1.807, 2.05) is 0 Å². The molecule has 0 heterocycles. The molecule has 0 aromatic heterocycles.